The van der Waals surface area contributed by atoms with Crippen LogP contribution in [0.5, 0.6) is 0 Å². The van der Waals surface area contributed by atoms with Gasteiger partial charge in [0, 0.05) is 31.1 Å². The molecule has 1 aliphatic heterocycles. The molecule has 1 saturated carbocycles. The normalized spacial score (nSPS) is 26.6. The summed E-state index contributed by atoms with van der Waals surface area (Å²) in [4.78, 5) is 14.2. The molecule has 1 aromatic carbocycles. The standard InChI is InChI=1S/C16H20FNO/c1-11-2-5-16(19)13(8-11)10-18-7-6-12-3-4-14(17)9-15(12)18/h3-4,9,11,13H,2,5-8,10H2,1H3. The van der Waals surface area contributed by atoms with Gasteiger partial charge in [0.25, 0.3) is 0 Å². The zero-order valence-corrected chi connectivity index (χ0v) is 11.4. The number of Topliss-reactive ketones (excluding diaryl/α,β-unsaturated/α-hetero) is 1. The van der Waals surface area contributed by atoms with E-state index in [0.29, 0.717) is 11.7 Å². The van der Waals surface area contributed by atoms with E-state index in [4.69, 9.17) is 0 Å². The van der Waals surface area contributed by atoms with Gasteiger partial charge in [-0.25, -0.2) is 4.39 Å². The lowest BCUT2D eigenvalue weighted by molar-refractivity contribution is -0.125. The van der Waals surface area contributed by atoms with Gasteiger partial charge in [0.2, 0.25) is 0 Å². The number of carbonyl (C=O) groups is 1. The number of halogens is 1. The van der Waals surface area contributed by atoms with Crippen molar-refractivity contribution in [2.45, 2.75) is 32.6 Å². The van der Waals surface area contributed by atoms with E-state index in [-0.39, 0.29) is 11.7 Å². The zero-order valence-electron chi connectivity index (χ0n) is 11.4. The number of benzene rings is 1. The highest BCUT2D eigenvalue weighted by Crippen LogP contribution is 2.32. The van der Waals surface area contributed by atoms with Crippen molar-refractivity contribution < 1.29 is 9.18 Å². The van der Waals surface area contributed by atoms with E-state index < -0.39 is 0 Å². The summed E-state index contributed by atoms with van der Waals surface area (Å²) >= 11 is 0. The van der Waals surface area contributed by atoms with E-state index in [2.05, 4.69) is 11.8 Å². The van der Waals surface area contributed by atoms with Crippen LogP contribution in [0, 0.1) is 17.7 Å². The number of rotatable bonds is 2. The van der Waals surface area contributed by atoms with Crippen molar-refractivity contribution in [3.05, 3.63) is 29.6 Å². The Balaban J connectivity index is 1.75. The van der Waals surface area contributed by atoms with Gasteiger partial charge in [0.15, 0.2) is 0 Å². The first-order valence-corrected chi connectivity index (χ1v) is 7.19. The minimum Gasteiger partial charge on any atom is -0.370 e. The molecular weight excluding hydrogens is 241 g/mol. The van der Waals surface area contributed by atoms with Crippen LogP contribution in [-0.2, 0) is 11.2 Å². The summed E-state index contributed by atoms with van der Waals surface area (Å²) in [7, 11) is 0. The molecule has 19 heavy (non-hydrogen) atoms. The maximum absolute atomic E-state index is 13.4. The first-order valence-electron chi connectivity index (χ1n) is 7.19. The monoisotopic (exact) mass is 261 g/mol. The van der Waals surface area contributed by atoms with E-state index in [0.717, 1.165) is 44.5 Å². The fourth-order valence-electron chi connectivity index (χ4n) is 3.38. The third kappa shape index (κ3) is 2.51. The molecule has 1 fully saturated rings. The zero-order chi connectivity index (χ0) is 13.4. The summed E-state index contributed by atoms with van der Waals surface area (Å²) in [5.74, 6) is 0.979. The van der Waals surface area contributed by atoms with Crippen LogP contribution in [0.25, 0.3) is 0 Å². The Morgan fingerprint density at radius 3 is 3.05 bits per heavy atom. The predicted octanol–water partition coefficient (Wildman–Crippen LogP) is 3.19. The fraction of sp³-hybridized carbons (Fsp3) is 0.562. The van der Waals surface area contributed by atoms with Crippen molar-refractivity contribution in [3.63, 3.8) is 0 Å². The maximum atomic E-state index is 13.4. The molecule has 0 bridgehead atoms. The number of carbonyl (C=O) groups excluding carboxylic acids is 1. The number of fused-ring (bicyclic) bond motifs is 1. The van der Waals surface area contributed by atoms with Gasteiger partial charge >= 0.3 is 0 Å². The van der Waals surface area contributed by atoms with Gasteiger partial charge in [0.05, 0.1) is 0 Å². The Hall–Kier alpha value is -1.38. The Bertz CT molecular complexity index is 500. The number of anilines is 1. The molecule has 2 atom stereocenters. The van der Waals surface area contributed by atoms with Crippen LogP contribution in [0.3, 0.4) is 0 Å². The van der Waals surface area contributed by atoms with Crippen molar-refractivity contribution in [1.29, 1.82) is 0 Å². The van der Waals surface area contributed by atoms with Crippen LogP contribution >= 0.6 is 0 Å². The van der Waals surface area contributed by atoms with Gasteiger partial charge in [-0.1, -0.05) is 13.0 Å². The van der Waals surface area contributed by atoms with Crippen molar-refractivity contribution in [1.82, 2.24) is 0 Å². The Kier molecular flexibility index (Phi) is 3.29. The molecule has 2 aliphatic rings. The van der Waals surface area contributed by atoms with E-state index in [1.54, 1.807) is 6.07 Å². The minimum absolute atomic E-state index is 0.137. The van der Waals surface area contributed by atoms with Crippen LogP contribution in [0.4, 0.5) is 10.1 Å². The second-order valence-corrected chi connectivity index (χ2v) is 6.01. The topological polar surface area (TPSA) is 20.3 Å². The van der Waals surface area contributed by atoms with E-state index >= 15 is 0 Å². The highest BCUT2D eigenvalue weighted by Gasteiger charge is 2.30. The molecule has 0 radical (unpaired) electrons. The van der Waals surface area contributed by atoms with Gasteiger partial charge < -0.3 is 4.90 Å². The Morgan fingerprint density at radius 2 is 2.21 bits per heavy atom. The van der Waals surface area contributed by atoms with Crippen molar-refractivity contribution in [2.24, 2.45) is 11.8 Å². The maximum Gasteiger partial charge on any atom is 0.137 e. The summed E-state index contributed by atoms with van der Waals surface area (Å²) < 4.78 is 13.4. The summed E-state index contributed by atoms with van der Waals surface area (Å²) in [5.41, 5.74) is 2.20. The minimum atomic E-state index is -0.186. The highest BCUT2D eigenvalue weighted by molar-refractivity contribution is 5.82. The number of nitrogens with zero attached hydrogens (tertiary/aromatic N) is 1. The van der Waals surface area contributed by atoms with Gasteiger partial charge in [-0.05, 0) is 42.9 Å². The average Bonchev–Trinajstić information content (AvgIpc) is 2.77. The molecule has 0 spiro atoms. The van der Waals surface area contributed by atoms with Gasteiger partial charge in [0.1, 0.15) is 11.6 Å². The molecule has 1 aromatic rings. The molecule has 2 nitrogen and oxygen atoms in total. The third-order valence-electron chi connectivity index (χ3n) is 4.51. The lowest BCUT2D eigenvalue weighted by Crippen LogP contribution is -2.35. The fourth-order valence-corrected chi connectivity index (χ4v) is 3.38. The Morgan fingerprint density at radius 1 is 1.37 bits per heavy atom. The summed E-state index contributed by atoms with van der Waals surface area (Å²) in [6, 6.07) is 5.01. The molecule has 0 saturated heterocycles. The highest BCUT2D eigenvalue weighted by atomic mass is 19.1. The predicted molar refractivity (Wildman–Crippen MR) is 73.8 cm³/mol. The smallest absolute Gasteiger partial charge is 0.137 e. The second-order valence-electron chi connectivity index (χ2n) is 6.01. The van der Waals surface area contributed by atoms with E-state index in [9.17, 15) is 9.18 Å². The SMILES string of the molecule is CC1CCC(=O)C(CN2CCc3ccc(F)cc32)C1. The first-order chi connectivity index (χ1) is 9.13. The molecule has 0 N–H and O–H groups in total. The largest absolute Gasteiger partial charge is 0.370 e. The molecular formula is C16H20FNO. The molecule has 1 aliphatic carbocycles. The van der Waals surface area contributed by atoms with Crippen LogP contribution in [-0.4, -0.2) is 18.9 Å². The molecule has 0 aromatic heterocycles. The summed E-state index contributed by atoms with van der Waals surface area (Å²) in [6.07, 6.45) is 3.70. The molecule has 3 rings (SSSR count). The van der Waals surface area contributed by atoms with Crippen LogP contribution in [0.2, 0.25) is 0 Å². The van der Waals surface area contributed by atoms with E-state index in [1.165, 1.54) is 11.6 Å². The van der Waals surface area contributed by atoms with Gasteiger partial charge in [-0.2, -0.15) is 0 Å². The quantitative estimate of drug-likeness (QED) is 0.815. The second kappa shape index (κ2) is 4.95. The number of ketones is 1. The van der Waals surface area contributed by atoms with Crippen LogP contribution in [0.15, 0.2) is 18.2 Å². The van der Waals surface area contributed by atoms with Gasteiger partial charge in [-0.3, -0.25) is 4.79 Å². The first kappa shape index (κ1) is 12.6. The van der Waals surface area contributed by atoms with Crippen molar-refractivity contribution in [2.75, 3.05) is 18.0 Å². The van der Waals surface area contributed by atoms with Crippen molar-refractivity contribution >= 4 is 11.5 Å². The Labute approximate surface area is 113 Å². The van der Waals surface area contributed by atoms with Crippen molar-refractivity contribution in [3.8, 4) is 0 Å². The lowest BCUT2D eigenvalue weighted by Gasteiger charge is -2.30. The van der Waals surface area contributed by atoms with E-state index in [1.807, 2.05) is 6.07 Å². The lowest BCUT2D eigenvalue weighted by atomic mass is 9.81. The summed E-state index contributed by atoms with van der Waals surface area (Å²) in [5, 5.41) is 0. The molecule has 1 heterocycles. The van der Waals surface area contributed by atoms with Crippen LogP contribution < -0.4 is 4.90 Å². The third-order valence-corrected chi connectivity index (χ3v) is 4.51. The average molecular weight is 261 g/mol. The van der Waals surface area contributed by atoms with Crippen LogP contribution in [0.1, 0.15) is 31.7 Å². The molecule has 3 heteroatoms. The number of hydrogen-bond donors (Lipinski definition) is 0. The molecule has 0 amide bonds. The number of hydrogen-bond acceptors (Lipinski definition) is 2. The molecule has 102 valence electrons. The molecule has 2 unspecified atom stereocenters. The van der Waals surface area contributed by atoms with Gasteiger partial charge in [-0.15, -0.1) is 0 Å². The summed E-state index contributed by atoms with van der Waals surface area (Å²) in [6.45, 7) is 3.90.